The van der Waals surface area contributed by atoms with E-state index in [2.05, 4.69) is 197 Å². The van der Waals surface area contributed by atoms with Crippen LogP contribution in [0.4, 0.5) is 17.1 Å². The van der Waals surface area contributed by atoms with E-state index in [-0.39, 0.29) is 16.9 Å². The van der Waals surface area contributed by atoms with Crippen LogP contribution in [0.5, 0.6) is 0 Å². The number of benzene rings is 6. The summed E-state index contributed by atoms with van der Waals surface area (Å²) in [5.74, 6) is 0. The summed E-state index contributed by atoms with van der Waals surface area (Å²) in [5.41, 5.74) is 13.3. The summed E-state index contributed by atoms with van der Waals surface area (Å²) >= 11 is 11.9. The quantitative estimate of drug-likeness (QED) is 0.0155. The van der Waals surface area contributed by atoms with E-state index in [1.807, 2.05) is 103 Å². The third kappa shape index (κ3) is 19.9. The van der Waals surface area contributed by atoms with Crippen molar-refractivity contribution < 1.29 is 32.7 Å². The Kier molecular flexibility index (Phi) is 29.4. The van der Waals surface area contributed by atoms with E-state index in [4.69, 9.17) is 13.3 Å². The molecule has 6 aromatic heterocycles. The second-order valence-corrected chi connectivity index (χ2v) is 29.5. The van der Waals surface area contributed by atoms with Gasteiger partial charge in [-0.15, -0.1) is 0 Å². The van der Waals surface area contributed by atoms with Gasteiger partial charge in [0.1, 0.15) is 37.4 Å². The highest BCUT2D eigenvalue weighted by Crippen LogP contribution is 2.29. The van der Waals surface area contributed by atoms with Gasteiger partial charge in [0, 0.05) is 138 Å². The first-order chi connectivity index (χ1) is 49.9. The van der Waals surface area contributed by atoms with E-state index < -0.39 is 0 Å². The molecule has 0 radical (unpaired) electrons. The van der Waals surface area contributed by atoms with Crippen molar-refractivity contribution >= 4 is 183 Å². The number of nitrogens with zero attached hydrogens (tertiary/aromatic N) is 6. The molecule has 0 aliphatic heterocycles. The second kappa shape index (κ2) is 39.1. The predicted octanol–water partition coefficient (Wildman–Crippen LogP) is 16.5. The highest BCUT2D eigenvalue weighted by molar-refractivity contribution is 9.09. The van der Waals surface area contributed by atoms with Crippen molar-refractivity contribution in [2.45, 2.75) is 99.7 Å². The molecule has 6 aromatic carbocycles. The lowest BCUT2D eigenvalue weighted by molar-refractivity contribution is -0.685. The Bertz CT molecular complexity index is 4790. The summed E-state index contributed by atoms with van der Waals surface area (Å²) in [6, 6.07) is 49.3. The number of unbranched alkanes of at least 4 members (excludes halogenated alkanes) is 4. The van der Waals surface area contributed by atoms with Gasteiger partial charge in [-0.1, -0.05) is 115 Å². The molecule has 0 fully saturated rings. The van der Waals surface area contributed by atoms with E-state index in [0.717, 1.165) is 170 Å². The lowest BCUT2D eigenvalue weighted by Crippen LogP contribution is -2.57. The fourth-order valence-corrected chi connectivity index (χ4v) is 16.7. The Morgan fingerprint density at radius 3 is 1.02 bits per heavy atom. The van der Waals surface area contributed by atoms with E-state index in [1.54, 1.807) is 34.0 Å². The van der Waals surface area contributed by atoms with Gasteiger partial charge in [0.05, 0.1) is 29.8 Å². The van der Waals surface area contributed by atoms with Gasteiger partial charge >= 0.3 is 16.9 Å². The van der Waals surface area contributed by atoms with Crippen LogP contribution in [0.15, 0.2) is 173 Å². The molecule has 0 atom stereocenters. The Morgan fingerprint density at radius 1 is 0.392 bits per heavy atom. The van der Waals surface area contributed by atoms with Crippen LogP contribution in [0.2, 0.25) is 0 Å². The number of nitrogens with one attached hydrogen (secondary N) is 2. The molecular formula is C82H97Br2N9O6S3+4. The summed E-state index contributed by atoms with van der Waals surface area (Å²) in [7, 11) is 0. The minimum atomic E-state index is -0.331. The number of thiazole rings is 3. The molecule has 0 saturated heterocycles. The first kappa shape index (κ1) is 76.7. The number of para-hydroxylation sites is 3. The van der Waals surface area contributed by atoms with E-state index >= 15 is 0 Å². The normalized spacial score (nSPS) is 11.7. The second-order valence-electron chi connectivity index (χ2n) is 24.7. The molecule has 0 amide bonds. The first-order valence-electron chi connectivity index (χ1n) is 36.0. The van der Waals surface area contributed by atoms with Crippen molar-refractivity contribution in [3.63, 3.8) is 0 Å². The highest BCUT2D eigenvalue weighted by Gasteiger charge is 2.22. The van der Waals surface area contributed by atoms with Crippen molar-refractivity contribution in [1.82, 2.24) is 10.6 Å². The van der Waals surface area contributed by atoms with Crippen LogP contribution in [0.25, 0.3) is 100 Å². The zero-order valence-electron chi connectivity index (χ0n) is 59.7. The topological polar surface area (TPSA) is 164 Å². The van der Waals surface area contributed by atoms with Gasteiger partial charge in [-0.05, 0) is 171 Å². The first-order valence-corrected chi connectivity index (χ1v) is 40.7. The molecule has 12 aromatic rings. The fourth-order valence-electron chi connectivity index (χ4n) is 12.6. The van der Waals surface area contributed by atoms with E-state index in [1.165, 1.54) is 49.9 Å². The smallest absolute Gasteiger partial charge is 0.343 e. The van der Waals surface area contributed by atoms with Crippen molar-refractivity contribution in [3.8, 4) is 0 Å². The number of rotatable bonds is 33. The molecule has 15 nitrogen and oxygen atoms in total. The van der Waals surface area contributed by atoms with Gasteiger partial charge in [-0.3, -0.25) is 0 Å². The standard InChI is InChI=1S/C53H60N6O4S2.C24H26N3O2S.C5H10Br2/c1-5-56(6-2)42-24-20-38-34-40(52(60)62-46(38)36-42)22-26-50-58(44-16-10-12-18-48(44)64-50)32-30-54-28-14-9-15-29-55-31-33-59-45-17-11-13-19-49(45)65-51(59)27-23-41-35-39-21-25-43(57(7-3)8-4)37-47(39)63-53(41)61;1-3-26(4-2)19-11-9-17-15-18(24(28)29-21(17)16-19)10-12-23-27(14-13-25)20-7-5-6-8-22(20)30-23;6-4-2-1-3-5-7/h10-13,16-27,34-37,54-55H,5-9,14-15,28-33H2,1-4H3;5-12,15-16H,3-4,13-14,25H2,1-2H3;1-5H2/q+2;+1;/p+1. The lowest BCUT2D eigenvalue weighted by Gasteiger charge is -2.20. The number of aromatic nitrogens is 3. The predicted molar refractivity (Wildman–Crippen MR) is 440 cm³/mol. The number of anilines is 3. The SMILES string of the molecule is BrCCCCCBr.CCN(CC)c1ccc2cc(/C=C/c3sc4ccccc4[n+]3CCNCCCCCNCC[n+]3c(/C=C/c4cc5ccc(N(CC)CC)cc5oc4=O)sc4ccccc43)c(=O)oc2c1.CCN(CC)c1ccc2cc(/C=C/c3sc4ccccc4[n+]3CC[NH3+])c(=O)oc2c1. The maximum Gasteiger partial charge on any atom is 0.343 e. The average Bonchev–Trinajstić information content (AvgIpc) is 1.74. The highest BCUT2D eigenvalue weighted by atomic mass is 79.9. The van der Waals surface area contributed by atoms with Crippen LogP contribution in [0.1, 0.15) is 112 Å². The van der Waals surface area contributed by atoms with Crippen molar-refractivity contribution in [2.75, 3.05) is 97.4 Å². The van der Waals surface area contributed by atoms with Gasteiger partial charge in [0.2, 0.25) is 16.6 Å². The largest absolute Gasteiger partial charge is 0.422 e. The van der Waals surface area contributed by atoms with E-state index in [9.17, 15) is 14.4 Å². The molecule has 0 unspecified atom stereocenters. The van der Waals surface area contributed by atoms with Crippen molar-refractivity contribution in [3.05, 3.63) is 209 Å². The van der Waals surface area contributed by atoms with E-state index in [0.29, 0.717) is 33.4 Å². The zero-order chi connectivity index (χ0) is 71.7. The summed E-state index contributed by atoms with van der Waals surface area (Å²) < 4.78 is 27.8. The molecule has 12 rings (SSSR count). The fraction of sp³-hybridized carbons (Fsp3) is 0.341. The number of alkyl halides is 2. The molecule has 0 aliphatic rings. The van der Waals surface area contributed by atoms with Crippen LogP contribution >= 0.6 is 65.9 Å². The Balaban J connectivity index is 0.000000249. The van der Waals surface area contributed by atoms with Crippen LogP contribution in [-0.4, -0.2) is 82.7 Å². The van der Waals surface area contributed by atoms with Crippen LogP contribution in [-0.2, 0) is 19.6 Å². The monoisotopic (exact) mass is 1560 g/mol. The molecule has 0 aliphatic carbocycles. The molecule has 534 valence electrons. The van der Waals surface area contributed by atoms with Gasteiger partial charge in [0.25, 0.3) is 15.0 Å². The van der Waals surface area contributed by atoms with Crippen LogP contribution < -0.4 is 61.6 Å². The number of fused-ring (bicyclic) bond motifs is 6. The average molecular weight is 1560 g/mol. The minimum absolute atomic E-state index is 0.319. The lowest BCUT2D eigenvalue weighted by atomic mass is 10.1. The third-order valence-corrected chi connectivity index (χ3v) is 22.6. The van der Waals surface area contributed by atoms with Gasteiger partial charge in [-0.25, -0.2) is 14.4 Å². The Hall–Kier alpha value is -7.92. The summed E-state index contributed by atoms with van der Waals surface area (Å²) in [6.45, 7) is 25.0. The summed E-state index contributed by atoms with van der Waals surface area (Å²) in [5, 5.41) is 15.7. The Labute approximate surface area is 627 Å². The zero-order valence-corrected chi connectivity index (χ0v) is 65.3. The number of quaternary nitrogens is 1. The molecular weight excluding hydrogens is 1460 g/mol. The molecule has 102 heavy (non-hydrogen) atoms. The number of halogens is 2. The molecule has 0 spiro atoms. The molecule has 0 bridgehead atoms. The summed E-state index contributed by atoms with van der Waals surface area (Å²) in [4.78, 5) is 45.5. The summed E-state index contributed by atoms with van der Waals surface area (Å²) in [6.07, 6.45) is 19.1. The maximum absolute atomic E-state index is 13.1. The molecule has 20 heteroatoms. The minimum Gasteiger partial charge on any atom is -0.422 e. The number of hydrogen-bond acceptors (Lipinski definition) is 14. The molecule has 5 N–H and O–H groups in total. The van der Waals surface area contributed by atoms with Crippen molar-refractivity contribution in [2.24, 2.45) is 0 Å². The van der Waals surface area contributed by atoms with Crippen LogP contribution in [0, 0.1) is 0 Å². The molecule has 6 heterocycles. The Morgan fingerprint density at radius 2 is 0.706 bits per heavy atom. The van der Waals surface area contributed by atoms with Gasteiger partial charge in [-0.2, -0.15) is 13.7 Å². The molecule has 0 saturated carbocycles. The number of hydrogen-bond donors (Lipinski definition) is 3. The van der Waals surface area contributed by atoms with Crippen molar-refractivity contribution in [1.29, 1.82) is 0 Å². The third-order valence-electron chi connectivity index (χ3n) is 18.1. The maximum atomic E-state index is 13.1. The van der Waals surface area contributed by atoms with Gasteiger partial charge < -0.3 is 44.3 Å². The van der Waals surface area contributed by atoms with Gasteiger partial charge in [0.15, 0.2) is 19.6 Å². The van der Waals surface area contributed by atoms with Crippen LogP contribution in [0.3, 0.4) is 0 Å².